The molecule has 47 heavy (non-hydrogen) atoms. The number of hydrogen-bond acceptors (Lipinski definition) is 5. The molecule has 0 saturated heterocycles. The molecule has 0 aliphatic heterocycles. The smallest absolute Gasteiger partial charge is 0.162 e. The summed E-state index contributed by atoms with van der Waals surface area (Å²) >= 11 is 1.90. The zero-order valence-electron chi connectivity index (χ0n) is 28.7. The summed E-state index contributed by atoms with van der Waals surface area (Å²) in [6.07, 6.45) is 10.8. The number of fused-ring (bicyclic) bond motifs is 6. The van der Waals surface area contributed by atoms with Crippen molar-refractivity contribution in [2.45, 2.75) is 92.4 Å². The maximum atomic E-state index is 11.7. The van der Waals surface area contributed by atoms with Crippen LogP contribution in [0.4, 0.5) is 0 Å². The van der Waals surface area contributed by atoms with Crippen molar-refractivity contribution in [1.82, 2.24) is 9.97 Å². The van der Waals surface area contributed by atoms with Crippen molar-refractivity contribution in [2.24, 2.45) is 11.8 Å². The first-order chi connectivity index (χ1) is 22.1. The van der Waals surface area contributed by atoms with Crippen molar-refractivity contribution in [3.8, 4) is 22.4 Å². The third kappa shape index (κ3) is 7.77. The molecule has 3 heterocycles. The number of ketones is 1. The van der Waals surface area contributed by atoms with E-state index in [0.29, 0.717) is 0 Å². The number of benzene rings is 2. The minimum Gasteiger partial charge on any atom is -0.512 e. The number of nitrogens with zero attached hydrogens (tertiary/aromatic N) is 2. The summed E-state index contributed by atoms with van der Waals surface area (Å²) in [6, 6.07) is 21.0. The molecule has 1 radical (unpaired) electrons. The van der Waals surface area contributed by atoms with Gasteiger partial charge < -0.3 is 5.11 Å². The number of aryl methyl sites for hydroxylation is 2. The number of aromatic nitrogens is 2. The summed E-state index contributed by atoms with van der Waals surface area (Å²) in [4.78, 5) is 22.7. The van der Waals surface area contributed by atoms with Gasteiger partial charge in [0.15, 0.2) is 5.78 Å². The molecule has 0 fully saturated rings. The Hall–Kier alpha value is -3.18. The molecule has 2 aromatic carbocycles. The molecule has 5 aromatic rings. The predicted octanol–water partition coefficient (Wildman–Crippen LogP) is 11.2. The van der Waals surface area contributed by atoms with Gasteiger partial charge in [0.05, 0.1) is 5.76 Å². The number of carbonyl (C=O) groups excluding carboxylic acids is 1. The summed E-state index contributed by atoms with van der Waals surface area (Å²) in [6.45, 7) is 14.9. The third-order valence-electron chi connectivity index (χ3n) is 9.34. The molecule has 1 aliphatic rings. The van der Waals surface area contributed by atoms with Crippen LogP contribution in [-0.4, -0.2) is 20.9 Å². The van der Waals surface area contributed by atoms with Crippen LogP contribution >= 0.6 is 11.3 Å². The Morgan fingerprint density at radius 1 is 0.936 bits per heavy atom. The van der Waals surface area contributed by atoms with Crippen molar-refractivity contribution < 1.29 is 30.0 Å². The van der Waals surface area contributed by atoms with E-state index in [9.17, 15) is 9.90 Å². The largest absolute Gasteiger partial charge is 0.512 e. The molecule has 0 saturated carbocycles. The minimum absolute atomic E-state index is 0. The number of hydrogen-bond donors (Lipinski definition) is 1. The fraction of sp³-hybridized carbons (Fsp3) is 0.390. The Bertz CT molecular complexity index is 1880. The molecule has 0 bridgehead atoms. The number of allylic oxidation sites excluding steroid dienone is 2. The van der Waals surface area contributed by atoms with Gasteiger partial charge in [0.1, 0.15) is 0 Å². The topological polar surface area (TPSA) is 63.1 Å². The van der Waals surface area contributed by atoms with Gasteiger partial charge in [-0.15, -0.1) is 40.5 Å². The second kappa shape index (κ2) is 15.8. The van der Waals surface area contributed by atoms with Crippen LogP contribution in [-0.2, 0) is 43.2 Å². The van der Waals surface area contributed by atoms with E-state index >= 15 is 0 Å². The molecular formula is C41H47IrN2O2S-. The molecule has 4 nitrogen and oxygen atoms in total. The standard InChI is InChI=1S/C28H23N2S.C13H24O2.Ir/c1-28(2,3)21-16-18(15-17-7-4-5-8-19(17)21)27-26-24(12-14-30-27)31-23-11-10-22-20(25(23)26)9-6-13-29-22;1-5-10(6-2)12(14)9-13(15)11(7-3)8-4;/h4-9,12-14,16H,10-11H2,1-3H3;9-11,14H,5-8H2,1-4H3;/q-1;;/b;12-9-;. The second-order valence-electron chi connectivity index (χ2n) is 13.3. The molecule has 1 N–H and O–H groups in total. The van der Waals surface area contributed by atoms with Crippen LogP contribution < -0.4 is 0 Å². The van der Waals surface area contributed by atoms with E-state index in [1.165, 1.54) is 48.8 Å². The zero-order chi connectivity index (χ0) is 33.0. The molecular weight excluding hydrogens is 777 g/mol. The quantitative estimate of drug-likeness (QED) is 0.0962. The number of aliphatic hydroxyl groups is 1. The predicted molar refractivity (Wildman–Crippen MR) is 195 cm³/mol. The fourth-order valence-electron chi connectivity index (χ4n) is 6.61. The Labute approximate surface area is 298 Å². The van der Waals surface area contributed by atoms with E-state index < -0.39 is 0 Å². The number of pyridine rings is 2. The van der Waals surface area contributed by atoms with Crippen LogP contribution in [0.5, 0.6) is 0 Å². The van der Waals surface area contributed by atoms with Gasteiger partial charge in [0, 0.05) is 76.9 Å². The average molecular weight is 824 g/mol. The van der Waals surface area contributed by atoms with Gasteiger partial charge in [-0.25, -0.2) is 0 Å². The number of carbonyl (C=O) groups is 1. The molecule has 0 atom stereocenters. The SMILES string of the molecule is CC(C)(C)c1cc(-c2nccc3sc4c(c23)-c2cccnc2CC4)[c-]c2ccccc12.CCC(CC)C(=O)/C=C(\O)C(CC)CC.[Ir]. The van der Waals surface area contributed by atoms with E-state index in [2.05, 4.69) is 74.3 Å². The van der Waals surface area contributed by atoms with Crippen LogP contribution in [0.3, 0.4) is 0 Å². The molecule has 249 valence electrons. The van der Waals surface area contributed by atoms with E-state index in [1.807, 2.05) is 57.5 Å². The molecule has 6 rings (SSSR count). The molecule has 0 unspecified atom stereocenters. The molecule has 6 heteroatoms. The third-order valence-corrected chi connectivity index (χ3v) is 10.6. The average Bonchev–Trinajstić information content (AvgIpc) is 3.45. The van der Waals surface area contributed by atoms with Gasteiger partial charge in [-0.2, -0.15) is 0 Å². The summed E-state index contributed by atoms with van der Waals surface area (Å²) in [5.74, 6) is 0.547. The van der Waals surface area contributed by atoms with Crippen molar-refractivity contribution in [2.75, 3.05) is 0 Å². The van der Waals surface area contributed by atoms with Gasteiger partial charge in [-0.1, -0.05) is 83.7 Å². The van der Waals surface area contributed by atoms with Crippen molar-refractivity contribution in [3.63, 3.8) is 0 Å². The minimum atomic E-state index is 0. The molecule has 0 spiro atoms. The monoisotopic (exact) mass is 824 g/mol. The van der Waals surface area contributed by atoms with Gasteiger partial charge in [-0.05, 0) is 67.0 Å². The van der Waals surface area contributed by atoms with Gasteiger partial charge in [0.2, 0.25) is 0 Å². The van der Waals surface area contributed by atoms with Crippen LogP contribution in [0.25, 0.3) is 43.2 Å². The first-order valence-corrected chi connectivity index (χ1v) is 17.7. The van der Waals surface area contributed by atoms with E-state index in [4.69, 9.17) is 4.98 Å². The van der Waals surface area contributed by atoms with Crippen LogP contribution in [0.2, 0.25) is 0 Å². The van der Waals surface area contributed by atoms with E-state index in [1.54, 1.807) is 0 Å². The van der Waals surface area contributed by atoms with Gasteiger partial charge in [0.25, 0.3) is 0 Å². The van der Waals surface area contributed by atoms with E-state index in [0.717, 1.165) is 55.2 Å². The zero-order valence-corrected chi connectivity index (χ0v) is 32.0. The Morgan fingerprint density at radius 3 is 2.32 bits per heavy atom. The first-order valence-electron chi connectivity index (χ1n) is 16.9. The summed E-state index contributed by atoms with van der Waals surface area (Å²) in [7, 11) is 0. The van der Waals surface area contributed by atoms with Crippen LogP contribution in [0.1, 0.15) is 90.3 Å². The van der Waals surface area contributed by atoms with Gasteiger partial charge >= 0.3 is 0 Å². The normalized spacial score (nSPS) is 12.8. The molecule has 3 aromatic heterocycles. The summed E-state index contributed by atoms with van der Waals surface area (Å²) in [5.41, 5.74) is 7.26. The van der Waals surface area contributed by atoms with Crippen molar-refractivity contribution in [1.29, 1.82) is 0 Å². The van der Waals surface area contributed by atoms with Gasteiger partial charge in [-0.3, -0.25) is 14.8 Å². The van der Waals surface area contributed by atoms with Crippen molar-refractivity contribution in [3.05, 3.63) is 95.0 Å². The number of rotatable bonds is 8. The molecule has 0 amide bonds. The van der Waals surface area contributed by atoms with Crippen LogP contribution in [0, 0.1) is 17.9 Å². The maximum absolute atomic E-state index is 11.7. The van der Waals surface area contributed by atoms with Crippen molar-refractivity contribution >= 4 is 38.0 Å². The number of thiophene rings is 1. The molecule has 1 aliphatic carbocycles. The Kier molecular flexibility index (Phi) is 12.3. The maximum Gasteiger partial charge on any atom is 0.162 e. The Balaban J connectivity index is 0.000000269. The second-order valence-corrected chi connectivity index (χ2v) is 14.5. The van der Waals surface area contributed by atoms with E-state index in [-0.39, 0.29) is 48.9 Å². The summed E-state index contributed by atoms with van der Waals surface area (Å²) in [5, 5.41) is 13.4. The van der Waals surface area contributed by atoms with Crippen LogP contribution in [0.15, 0.2) is 72.8 Å². The fourth-order valence-corrected chi connectivity index (χ4v) is 7.83. The first kappa shape index (κ1) is 36.7. The Morgan fingerprint density at radius 2 is 1.64 bits per heavy atom. The summed E-state index contributed by atoms with van der Waals surface area (Å²) < 4.78 is 1.30. The number of aliphatic hydroxyl groups excluding tert-OH is 1.